The average molecular weight is 419 g/mol. The molecule has 0 unspecified atom stereocenters. The Kier molecular flexibility index (Phi) is 8.21. The molecule has 2 aromatic carbocycles. The molecule has 0 saturated carbocycles. The topological polar surface area (TPSA) is 81.7 Å². The molecule has 0 saturated heterocycles. The highest BCUT2D eigenvalue weighted by Gasteiger charge is 2.17. The molecular weight excluding hydrogens is 397 g/mol. The summed E-state index contributed by atoms with van der Waals surface area (Å²) in [5.41, 5.74) is 0.327. The van der Waals surface area contributed by atoms with Crippen LogP contribution in [0.3, 0.4) is 0 Å². The molecule has 0 spiro atoms. The molecule has 2 aromatic rings. The van der Waals surface area contributed by atoms with Gasteiger partial charge in [-0.1, -0.05) is 12.1 Å². The van der Waals surface area contributed by atoms with E-state index in [2.05, 4.69) is 5.32 Å². The van der Waals surface area contributed by atoms with Gasteiger partial charge in [-0.2, -0.15) is 0 Å². The van der Waals surface area contributed by atoms with Crippen LogP contribution in [0.1, 0.15) is 34.6 Å². The van der Waals surface area contributed by atoms with Crippen molar-refractivity contribution in [1.82, 2.24) is 5.32 Å². The third kappa shape index (κ3) is 6.60. The Labute approximate surface area is 172 Å². The first-order valence-electron chi connectivity index (χ1n) is 8.87. The number of hydrogen-bond acceptors (Lipinski definition) is 6. The molecule has 0 atom stereocenters. The summed E-state index contributed by atoms with van der Waals surface area (Å²) in [6.07, 6.45) is 0. The lowest BCUT2D eigenvalue weighted by atomic mass is 10.1. The molecular formula is C21H22FNO5S. The number of amides is 1. The molecule has 1 amide bonds. The number of methoxy groups -OCH3 is 1. The molecule has 154 valence electrons. The Bertz CT molecular complexity index is 900. The van der Waals surface area contributed by atoms with Crippen molar-refractivity contribution in [3.8, 4) is 5.75 Å². The van der Waals surface area contributed by atoms with Gasteiger partial charge in [-0.3, -0.25) is 9.59 Å². The van der Waals surface area contributed by atoms with E-state index in [1.54, 1.807) is 24.3 Å². The summed E-state index contributed by atoms with van der Waals surface area (Å²) < 4.78 is 23.6. The van der Waals surface area contributed by atoms with E-state index in [9.17, 15) is 18.8 Å². The largest absolute Gasteiger partial charge is 0.494 e. The minimum absolute atomic E-state index is 0.0194. The molecule has 0 aromatic heterocycles. The first-order chi connectivity index (χ1) is 13.8. The zero-order valence-electron chi connectivity index (χ0n) is 16.4. The highest BCUT2D eigenvalue weighted by Crippen LogP contribution is 2.23. The van der Waals surface area contributed by atoms with Crippen LogP contribution in [0.25, 0.3) is 0 Å². The fraction of sp³-hybridized carbons (Fsp3) is 0.286. The monoisotopic (exact) mass is 419 g/mol. The number of ether oxygens (including phenoxy) is 2. The van der Waals surface area contributed by atoms with Crippen molar-refractivity contribution in [2.24, 2.45) is 0 Å². The molecule has 0 bridgehead atoms. The van der Waals surface area contributed by atoms with E-state index in [1.807, 2.05) is 13.8 Å². The number of esters is 1. The minimum atomic E-state index is -0.695. The van der Waals surface area contributed by atoms with E-state index >= 15 is 0 Å². The summed E-state index contributed by atoms with van der Waals surface area (Å²) in [6, 6.07) is 10.4. The van der Waals surface area contributed by atoms with Gasteiger partial charge in [-0.15, -0.1) is 11.8 Å². The summed E-state index contributed by atoms with van der Waals surface area (Å²) in [5, 5.41) is 2.77. The van der Waals surface area contributed by atoms with Gasteiger partial charge in [0.25, 0.3) is 0 Å². The lowest BCUT2D eigenvalue weighted by Crippen LogP contribution is -2.31. The molecule has 6 nitrogen and oxygen atoms in total. The van der Waals surface area contributed by atoms with E-state index in [4.69, 9.17) is 9.47 Å². The molecule has 1 N–H and O–H groups in total. The second-order valence-corrected chi connectivity index (χ2v) is 7.37. The molecule has 29 heavy (non-hydrogen) atoms. The number of halogens is 1. The zero-order valence-corrected chi connectivity index (χ0v) is 17.2. The van der Waals surface area contributed by atoms with Crippen molar-refractivity contribution in [2.75, 3.05) is 19.5 Å². The van der Waals surface area contributed by atoms with Gasteiger partial charge in [0.2, 0.25) is 5.91 Å². The predicted octanol–water partition coefficient (Wildman–Crippen LogP) is 3.49. The molecule has 8 heteroatoms. The number of benzene rings is 2. The van der Waals surface area contributed by atoms with Crippen LogP contribution in [-0.4, -0.2) is 43.2 Å². The number of Topliss-reactive ketones (excluding diaryl/α,β-unsaturated/α-hetero) is 1. The predicted molar refractivity (Wildman–Crippen MR) is 108 cm³/mol. The van der Waals surface area contributed by atoms with Gasteiger partial charge in [-0.25, -0.2) is 9.18 Å². The fourth-order valence-corrected chi connectivity index (χ4v) is 3.25. The van der Waals surface area contributed by atoms with Crippen LogP contribution < -0.4 is 10.1 Å². The number of carbonyl (C=O) groups excluding carboxylic acids is 3. The fourth-order valence-electron chi connectivity index (χ4n) is 2.40. The van der Waals surface area contributed by atoms with Gasteiger partial charge in [-0.05, 0) is 44.2 Å². The lowest BCUT2D eigenvalue weighted by Gasteiger charge is -2.11. The standard InChI is InChI=1S/C21H22FNO5S/c1-13(2)23-20(25)12-29-19-7-5-4-6-15(19)21(26)28-11-17(24)14-8-9-18(27-3)16(22)10-14/h4-10,13H,11-12H2,1-3H3,(H,23,25). The van der Waals surface area contributed by atoms with Gasteiger partial charge < -0.3 is 14.8 Å². The highest BCUT2D eigenvalue weighted by atomic mass is 32.2. The Hall–Kier alpha value is -2.87. The maximum Gasteiger partial charge on any atom is 0.339 e. The molecule has 0 aliphatic heterocycles. The van der Waals surface area contributed by atoms with Crippen LogP contribution in [0.4, 0.5) is 4.39 Å². The third-order valence-corrected chi connectivity index (χ3v) is 4.80. The third-order valence-electron chi connectivity index (χ3n) is 3.72. The first kappa shape index (κ1) is 22.4. The number of ketones is 1. The summed E-state index contributed by atoms with van der Waals surface area (Å²) in [5.74, 6) is -1.89. The Balaban J connectivity index is 1.99. The maximum absolute atomic E-state index is 13.7. The van der Waals surface area contributed by atoms with E-state index in [1.165, 1.54) is 31.0 Å². The SMILES string of the molecule is COc1ccc(C(=O)COC(=O)c2ccccc2SCC(=O)NC(C)C)cc1F. The van der Waals surface area contributed by atoms with Crippen molar-refractivity contribution in [3.05, 3.63) is 59.4 Å². The summed E-state index contributed by atoms with van der Waals surface area (Å²) in [7, 11) is 1.32. The van der Waals surface area contributed by atoms with Gasteiger partial charge >= 0.3 is 5.97 Å². The Morgan fingerprint density at radius 2 is 1.86 bits per heavy atom. The quantitative estimate of drug-likeness (QED) is 0.381. The van der Waals surface area contributed by atoms with Crippen LogP contribution in [0.5, 0.6) is 5.75 Å². The highest BCUT2D eigenvalue weighted by molar-refractivity contribution is 8.00. The number of rotatable bonds is 9. The van der Waals surface area contributed by atoms with Gasteiger partial charge in [0, 0.05) is 16.5 Å². The zero-order chi connectivity index (χ0) is 21.4. The molecule has 0 aliphatic carbocycles. The van der Waals surface area contributed by atoms with E-state index in [0.717, 1.165) is 6.07 Å². The van der Waals surface area contributed by atoms with Crippen molar-refractivity contribution in [2.45, 2.75) is 24.8 Å². The van der Waals surface area contributed by atoms with E-state index in [0.29, 0.717) is 4.90 Å². The molecule has 0 fully saturated rings. The molecule has 0 heterocycles. The molecule has 2 rings (SSSR count). The summed E-state index contributed by atoms with van der Waals surface area (Å²) >= 11 is 1.20. The van der Waals surface area contributed by atoms with E-state index in [-0.39, 0.29) is 34.6 Å². The van der Waals surface area contributed by atoms with Crippen LogP contribution in [0, 0.1) is 5.82 Å². The number of nitrogens with one attached hydrogen (secondary N) is 1. The second-order valence-electron chi connectivity index (χ2n) is 6.36. The van der Waals surface area contributed by atoms with Crippen molar-refractivity contribution < 1.29 is 28.2 Å². The van der Waals surface area contributed by atoms with Crippen LogP contribution in [0.2, 0.25) is 0 Å². The van der Waals surface area contributed by atoms with Crippen LogP contribution >= 0.6 is 11.8 Å². The van der Waals surface area contributed by atoms with Gasteiger partial charge in [0.1, 0.15) is 0 Å². The van der Waals surface area contributed by atoms with Crippen LogP contribution in [0.15, 0.2) is 47.4 Å². The van der Waals surface area contributed by atoms with Gasteiger partial charge in [0.15, 0.2) is 24.0 Å². The smallest absolute Gasteiger partial charge is 0.339 e. The maximum atomic E-state index is 13.7. The lowest BCUT2D eigenvalue weighted by molar-refractivity contribution is -0.119. The summed E-state index contributed by atoms with van der Waals surface area (Å²) in [4.78, 5) is 37.0. The first-order valence-corrected chi connectivity index (χ1v) is 9.85. The van der Waals surface area contributed by atoms with Crippen LogP contribution in [-0.2, 0) is 9.53 Å². The number of carbonyl (C=O) groups is 3. The van der Waals surface area contributed by atoms with E-state index < -0.39 is 24.2 Å². The van der Waals surface area contributed by atoms with Crippen molar-refractivity contribution in [3.63, 3.8) is 0 Å². The average Bonchev–Trinajstić information content (AvgIpc) is 2.69. The number of hydrogen-bond donors (Lipinski definition) is 1. The van der Waals surface area contributed by atoms with Crippen molar-refractivity contribution in [1.29, 1.82) is 0 Å². The second kappa shape index (κ2) is 10.6. The van der Waals surface area contributed by atoms with Crippen molar-refractivity contribution >= 4 is 29.4 Å². The Morgan fingerprint density at radius 3 is 2.52 bits per heavy atom. The Morgan fingerprint density at radius 1 is 1.14 bits per heavy atom. The van der Waals surface area contributed by atoms with Gasteiger partial charge in [0.05, 0.1) is 18.4 Å². The minimum Gasteiger partial charge on any atom is -0.494 e. The normalized spacial score (nSPS) is 10.5. The summed E-state index contributed by atoms with van der Waals surface area (Å²) in [6.45, 7) is 3.19. The molecule has 0 aliphatic rings. The molecule has 0 radical (unpaired) electrons. The number of thioether (sulfide) groups is 1.